The number of Topliss-reactive ketones (excluding diaryl/α,β-unsaturated/α-hetero) is 1. The molecule has 0 unspecified atom stereocenters. The van der Waals surface area contributed by atoms with Gasteiger partial charge in [0.25, 0.3) is 0 Å². The molecule has 4 rings (SSSR count). The van der Waals surface area contributed by atoms with Crippen LogP contribution in [0.4, 0.5) is 0 Å². The molecule has 2 aromatic heterocycles. The molecular weight excluding hydrogens is 374 g/mol. The number of carbonyl (C=O) groups excluding carboxylic acids is 2. The molecule has 0 aromatic carbocycles. The first-order chi connectivity index (χ1) is 13.5. The van der Waals surface area contributed by atoms with Gasteiger partial charge in [0.05, 0.1) is 23.9 Å². The van der Waals surface area contributed by atoms with E-state index in [1.165, 1.54) is 0 Å². The second-order valence-electron chi connectivity index (χ2n) is 7.50. The van der Waals surface area contributed by atoms with Crippen molar-refractivity contribution >= 4 is 23.1 Å². The van der Waals surface area contributed by atoms with Gasteiger partial charge >= 0.3 is 5.97 Å². The number of rotatable bonds is 4. The van der Waals surface area contributed by atoms with Gasteiger partial charge in [0, 0.05) is 34.2 Å². The maximum atomic E-state index is 13.2. The van der Waals surface area contributed by atoms with E-state index in [0.717, 1.165) is 22.0 Å². The van der Waals surface area contributed by atoms with Crippen LogP contribution in [0, 0.1) is 0 Å². The Morgan fingerprint density at radius 1 is 1.29 bits per heavy atom. The number of furan rings is 1. The summed E-state index contributed by atoms with van der Waals surface area (Å²) in [5, 5.41) is 5.31. The van der Waals surface area contributed by atoms with E-state index >= 15 is 0 Å². The first kappa shape index (κ1) is 18.7. The van der Waals surface area contributed by atoms with Crippen LogP contribution in [0.5, 0.6) is 0 Å². The highest BCUT2D eigenvalue weighted by Crippen LogP contribution is 2.46. The molecule has 1 aliphatic carbocycles. The number of hydrogen-bond acceptors (Lipinski definition) is 6. The maximum Gasteiger partial charge on any atom is 0.337 e. The average Bonchev–Trinajstić information content (AvgIpc) is 3.33. The molecule has 0 spiro atoms. The lowest BCUT2D eigenvalue weighted by Gasteiger charge is -2.35. The fourth-order valence-corrected chi connectivity index (χ4v) is 4.90. The zero-order chi connectivity index (χ0) is 19.8. The van der Waals surface area contributed by atoms with Gasteiger partial charge in [-0.2, -0.15) is 0 Å². The summed E-state index contributed by atoms with van der Waals surface area (Å²) in [4.78, 5) is 27.1. The Labute approximate surface area is 168 Å². The van der Waals surface area contributed by atoms with Crippen LogP contribution in [-0.2, 0) is 14.3 Å². The Morgan fingerprint density at radius 2 is 2.11 bits per heavy atom. The third-order valence-corrected chi connectivity index (χ3v) is 6.10. The van der Waals surface area contributed by atoms with Gasteiger partial charge in [0.15, 0.2) is 5.78 Å². The highest BCUT2D eigenvalue weighted by Gasteiger charge is 2.42. The predicted octanol–water partition coefficient (Wildman–Crippen LogP) is 4.65. The fourth-order valence-electron chi connectivity index (χ4n) is 4.05. The highest BCUT2D eigenvalue weighted by molar-refractivity contribution is 7.10. The quantitative estimate of drug-likeness (QED) is 0.761. The van der Waals surface area contributed by atoms with Crippen molar-refractivity contribution in [2.45, 2.75) is 51.6 Å². The molecule has 0 saturated carbocycles. The monoisotopic (exact) mass is 397 g/mol. The molecule has 2 aliphatic rings. The van der Waals surface area contributed by atoms with Crippen LogP contribution < -0.4 is 5.32 Å². The van der Waals surface area contributed by atoms with Crippen LogP contribution in [0.2, 0.25) is 0 Å². The molecule has 0 fully saturated rings. The smallest absolute Gasteiger partial charge is 0.337 e. The molecule has 0 amide bonds. The topological polar surface area (TPSA) is 68.5 Å². The van der Waals surface area contributed by atoms with Crippen LogP contribution in [0.1, 0.15) is 56.1 Å². The van der Waals surface area contributed by atoms with E-state index in [1.807, 2.05) is 50.4 Å². The number of nitrogens with one attached hydrogen (secondary N) is 1. The van der Waals surface area contributed by atoms with Gasteiger partial charge < -0.3 is 14.5 Å². The molecule has 1 N–H and O–H groups in total. The number of carbonyl (C=O) groups is 2. The Morgan fingerprint density at radius 3 is 2.75 bits per heavy atom. The maximum absolute atomic E-state index is 13.2. The van der Waals surface area contributed by atoms with Crippen molar-refractivity contribution in [3.8, 4) is 0 Å². The zero-order valence-electron chi connectivity index (χ0n) is 16.2. The molecule has 0 radical (unpaired) electrons. The van der Waals surface area contributed by atoms with E-state index < -0.39 is 0 Å². The normalized spacial score (nSPS) is 22.4. The zero-order valence-corrected chi connectivity index (χ0v) is 17.0. The molecule has 0 bridgehead atoms. The van der Waals surface area contributed by atoms with Gasteiger partial charge in [0.1, 0.15) is 5.76 Å². The summed E-state index contributed by atoms with van der Waals surface area (Å²) in [5.41, 5.74) is 2.84. The Balaban J connectivity index is 1.77. The molecule has 146 valence electrons. The predicted molar refractivity (Wildman–Crippen MR) is 107 cm³/mol. The van der Waals surface area contributed by atoms with Crippen molar-refractivity contribution in [1.82, 2.24) is 5.32 Å². The largest absolute Gasteiger partial charge is 0.469 e. The number of allylic oxidation sites excluding steroid dienone is 3. The number of dihydropyridines is 1. The second kappa shape index (κ2) is 7.43. The lowest BCUT2D eigenvalue weighted by molar-refractivity contribution is -0.143. The number of thiophene rings is 1. The summed E-state index contributed by atoms with van der Waals surface area (Å²) < 4.78 is 11.0. The lowest BCUT2D eigenvalue weighted by atomic mass is 9.74. The van der Waals surface area contributed by atoms with Gasteiger partial charge in [-0.15, -0.1) is 11.3 Å². The van der Waals surface area contributed by atoms with Gasteiger partial charge in [-0.05, 0) is 50.8 Å². The number of ether oxygens (including phenoxy) is 1. The number of hydrogen-bond donors (Lipinski definition) is 1. The van der Waals surface area contributed by atoms with Crippen molar-refractivity contribution in [3.05, 3.63) is 69.1 Å². The average molecular weight is 397 g/mol. The Bertz CT molecular complexity index is 951. The molecule has 28 heavy (non-hydrogen) atoms. The van der Waals surface area contributed by atoms with Crippen LogP contribution in [0.25, 0.3) is 0 Å². The van der Waals surface area contributed by atoms with Crippen LogP contribution >= 0.6 is 11.3 Å². The Kier molecular flexibility index (Phi) is 4.98. The van der Waals surface area contributed by atoms with Crippen molar-refractivity contribution in [1.29, 1.82) is 0 Å². The molecule has 2 atom stereocenters. The molecule has 3 heterocycles. The standard InChI is InChI=1S/C22H23NO4S/c1-12(2)27-22(25)19-13(3)23-15-10-14(17-6-4-8-26-17)11-16(24)20(15)21(19)18-7-5-9-28-18/h4-9,12,14,21,23H,10-11H2,1-3H3/t14-,21-/m1/s1. The van der Waals surface area contributed by atoms with E-state index in [0.29, 0.717) is 24.0 Å². The number of ketones is 1. The summed E-state index contributed by atoms with van der Waals surface area (Å²) in [6, 6.07) is 7.68. The van der Waals surface area contributed by atoms with E-state index in [-0.39, 0.29) is 29.7 Å². The van der Waals surface area contributed by atoms with Crippen molar-refractivity contribution in [2.75, 3.05) is 0 Å². The minimum atomic E-state index is -0.382. The SMILES string of the molecule is CC1=C(C(=O)OC(C)C)[C@@H](c2cccs2)C2=C(C[C@@H](c3ccco3)CC2=O)N1. The lowest BCUT2D eigenvalue weighted by Crippen LogP contribution is -2.36. The Hall–Kier alpha value is -2.60. The fraction of sp³-hybridized carbons (Fsp3) is 0.364. The van der Waals surface area contributed by atoms with Crippen LogP contribution in [0.15, 0.2) is 62.9 Å². The minimum Gasteiger partial charge on any atom is -0.469 e. The second-order valence-corrected chi connectivity index (χ2v) is 8.48. The molecule has 5 nitrogen and oxygen atoms in total. The van der Waals surface area contributed by atoms with E-state index in [2.05, 4.69) is 5.32 Å². The summed E-state index contributed by atoms with van der Waals surface area (Å²) in [5.74, 6) is 0.130. The molecule has 1 aliphatic heterocycles. The van der Waals surface area contributed by atoms with Crippen molar-refractivity contribution in [3.63, 3.8) is 0 Å². The summed E-state index contributed by atoms with van der Waals surface area (Å²) in [7, 11) is 0. The first-order valence-corrected chi connectivity index (χ1v) is 10.4. The van der Waals surface area contributed by atoms with Gasteiger partial charge in [-0.25, -0.2) is 4.79 Å². The van der Waals surface area contributed by atoms with E-state index in [1.54, 1.807) is 17.6 Å². The van der Waals surface area contributed by atoms with E-state index in [9.17, 15) is 9.59 Å². The van der Waals surface area contributed by atoms with Crippen molar-refractivity contribution < 1.29 is 18.7 Å². The van der Waals surface area contributed by atoms with Crippen LogP contribution in [0.3, 0.4) is 0 Å². The van der Waals surface area contributed by atoms with Crippen LogP contribution in [-0.4, -0.2) is 17.9 Å². The van der Waals surface area contributed by atoms with Crippen molar-refractivity contribution in [2.24, 2.45) is 0 Å². The number of esters is 1. The van der Waals surface area contributed by atoms with Gasteiger partial charge in [0.2, 0.25) is 0 Å². The van der Waals surface area contributed by atoms with Gasteiger partial charge in [-0.1, -0.05) is 6.07 Å². The molecular formula is C22H23NO4S. The summed E-state index contributed by atoms with van der Waals surface area (Å²) in [6.45, 7) is 5.53. The third-order valence-electron chi connectivity index (χ3n) is 5.16. The summed E-state index contributed by atoms with van der Waals surface area (Å²) >= 11 is 1.55. The first-order valence-electron chi connectivity index (χ1n) is 9.47. The van der Waals surface area contributed by atoms with E-state index in [4.69, 9.17) is 9.15 Å². The summed E-state index contributed by atoms with van der Waals surface area (Å²) in [6.07, 6.45) is 2.47. The molecule has 6 heteroatoms. The van der Waals surface area contributed by atoms with Gasteiger partial charge in [-0.3, -0.25) is 4.79 Å². The molecule has 2 aromatic rings. The molecule has 0 saturated heterocycles. The highest BCUT2D eigenvalue weighted by atomic mass is 32.1. The minimum absolute atomic E-state index is 0.00898. The third kappa shape index (κ3) is 3.33.